The fourth-order valence-electron chi connectivity index (χ4n) is 1.35. The van der Waals surface area contributed by atoms with Gasteiger partial charge in [0.1, 0.15) is 5.84 Å². The summed E-state index contributed by atoms with van der Waals surface area (Å²) in [6.45, 7) is 2.32. The molecule has 0 aromatic heterocycles. The number of alkyl halides is 3. The second-order valence-corrected chi connectivity index (χ2v) is 5.74. The molecule has 6 heteroatoms. The molecular formula is C11H14Cl3N3. The maximum absolute atomic E-state index is 7.88. The Balaban J connectivity index is 2.75. The number of amidine groups is 2. The zero-order valence-corrected chi connectivity index (χ0v) is 11.7. The Morgan fingerprint density at radius 1 is 1.47 bits per heavy atom. The molecule has 0 heterocycles. The van der Waals surface area contributed by atoms with Gasteiger partial charge in [-0.25, -0.2) is 0 Å². The van der Waals surface area contributed by atoms with Gasteiger partial charge in [-0.1, -0.05) is 53.0 Å². The zero-order valence-electron chi connectivity index (χ0n) is 9.43. The van der Waals surface area contributed by atoms with Gasteiger partial charge in [0.15, 0.2) is 5.84 Å². The van der Waals surface area contributed by atoms with Crippen LogP contribution >= 0.6 is 34.8 Å². The number of halogens is 3. The van der Waals surface area contributed by atoms with Gasteiger partial charge in [-0.3, -0.25) is 10.4 Å². The molecule has 0 amide bonds. The van der Waals surface area contributed by atoms with Gasteiger partial charge in [0.2, 0.25) is 3.79 Å². The van der Waals surface area contributed by atoms with Crippen molar-refractivity contribution in [2.75, 3.05) is 6.54 Å². The van der Waals surface area contributed by atoms with E-state index in [0.717, 1.165) is 18.4 Å². The lowest BCUT2D eigenvalue weighted by Crippen LogP contribution is -2.39. The number of hydrogen-bond acceptors (Lipinski definition) is 2. The maximum Gasteiger partial charge on any atom is 0.247 e. The minimum Gasteiger partial charge on any atom is -0.325 e. The highest BCUT2D eigenvalue weighted by atomic mass is 35.6. The number of allylic oxidation sites excluding steroid dienone is 2. The van der Waals surface area contributed by atoms with E-state index in [4.69, 9.17) is 40.2 Å². The van der Waals surface area contributed by atoms with Crippen molar-refractivity contribution >= 4 is 46.5 Å². The summed E-state index contributed by atoms with van der Waals surface area (Å²) in [4.78, 5) is 4.05. The molecular weight excluding hydrogens is 281 g/mol. The predicted octanol–water partition coefficient (Wildman–Crippen LogP) is 3.62. The second kappa shape index (κ2) is 6.43. The molecule has 0 aliphatic heterocycles. The van der Waals surface area contributed by atoms with Crippen molar-refractivity contribution in [1.29, 1.82) is 5.41 Å². The molecule has 0 bridgehead atoms. The van der Waals surface area contributed by atoms with Crippen molar-refractivity contribution < 1.29 is 0 Å². The van der Waals surface area contributed by atoms with E-state index in [9.17, 15) is 0 Å². The van der Waals surface area contributed by atoms with Crippen LogP contribution in [-0.2, 0) is 0 Å². The first-order valence-electron chi connectivity index (χ1n) is 5.29. The molecule has 0 spiro atoms. The first-order chi connectivity index (χ1) is 7.95. The average molecular weight is 295 g/mol. The second-order valence-electron chi connectivity index (χ2n) is 3.46. The normalized spacial score (nSPS) is 16.7. The minimum atomic E-state index is -1.64. The molecule has 0 atom stereocenters. The van der Waals surface area contributed by atoms with E-state index in [-0.39, 0.29) is 11.7 Å². The molecule has 0 aromatic rings. The molecule has 94 valence electrons. The van der Waals surface area contributed by atoms with Crippen LogP contribution in [0.25, 0.3) is 0 Å². The maximum atomic E-state index is 7.88. The standard InChI is InChI=1S/C11H14Cl3N3/c1-2-16-10(11(12,13)14)17-9(15)8-6-4-3-5-7-8/h4,6-7H,2-3,5H2,1H3,(H2,15,16,17). The van der Waals surface area contributed by atoms with E-state index in [1.807, 2.05) is 25.2 Å². The van der Waals surface area contributed by atoms with Crippen LogP contribution < -0.4 is 5.32 Å². The quantitative estimate of drug-likeness (QED) is 0.456. The Morgan fingerprint density at radius 3 is 2.65 bits per heavy atom. The first kappa shape index (κ1) is 14.6. The van der Waals surface area contributed by atoms with Crippen molar-refractivity contribution in [3.05, 3.63) is 23.8 Å². The van der Waals surface area contributed by atoms with Gasteiger partial charge in [-0.15, -0.1) is 0 Å². The number of rotatable bonds is 2. The first-order valence-corrected chi connectivity index (χ1v) is 6.42. The Bertz CT molecular complexity index is 378. The van der Waals surface area contributed by atoms with Gasteiger partial charge in [0.05, 0.1) is 0 Å². The zero-order chi connectivity index (χ0) is 12.9. The summed E-state index contributed by atoms with van der Waals surface area (Å²) in [7, 11) is 0. The minimum absolute atomic E-state index is 0.176. The highest BCUT2D eigenvalue weighted by Gasteiger charge is 2.28. The van der Waals surface area contributed by atoms with Crippen LogP contribution in [-0.4, -0.2) is 22.0 Å². The third-order valence-electron chi connectivity index (χ3n) is 2.11. The highest BCUT2D eigenvalue weighted by Crippen LogP contribution is 2.27. The van der Waals surface area contributed by atoms with E-state index < -0.39 is 3.79 Å². The molecule has 2 N–H and O–H groups in total. The molecule has 0 unspecified atom stereocenters. The number of aliphatic imine (C=N–C) groups is 1. The van der Waals surface area contributed by atoms with Crippen LogP contribution in [0.3, 0.4) is 0 Å². The Labute approximate surface area is 116 Å². The summed E-state index contributed by atoms with van der Waals surface area (Å²) in [6.07, 6.45) is 7.77. The number of nitrogens with zero attached hydrogens (tertiary/aromatic N) is 1. The van der Waals surface area contributed by atoms with Crippen LogP contribution in [0.5, 0.6) is 0 Å². The van der Waals surface area contributed by atoms with Crippen LogP contribution in [0.1, 0.15) is 19.8 Å². The lowest BCUT2D eigenvalue weighted by Gasteiger charge is -2.18. The van der Waals surface area contributed by atoms with E-state index in [0.29, 0.717) is 6.54 Å². The summed E-state index contributed by atoms with van der Waals surface area (Å²) in [5, 5.41) is 10.6. The van der Waals surface area contributed by atoms with Crippen LogP contribution in [0, 0.1) is 5.41 Å². The topological polar surface area (TPSA) is 48.2 Å². The van der Waals surface area contributed by atoms with Gasteiger partial charge in [-0.05, 0) is 19.8 Å². The molecule has 1 aliphatic carbocycles. The number of nitrogens with one attached hydrogen (secondary N) is 2. The van der Waals surface area contributed by atoms with Gasteiger partial charge < -0.3 is 5.32 Å². The van der Waals surface area contributed by atoms with Crippen LogP contribution in [0.4, 0.5) is 0 Å². The predicted molar refractivity (Wildman–Crippen MR) is 75.6 cm³/mol. The molecule has 3 nitrogen and oxygen atoms in total. The molecule has 17 heavy (non-hydrogen) atoms. The van der Waals surface area contributed by atoms with Crippen LogP contribution in [0.2, 0.25) is 0 Å². The van der Waals surface area contributed by atoms with Gasteiger partial charge in [0, 0.05) is 12.1 Å². The average Bonchev–Trinajstić information content (AvgIpc) is 2.28. The Morgan fingerprint density at radius 2 is 2.18 bits per heavy atom. The summed E-state index contributed by atoms with van der Waals surface area (Å²) < 4.78 is -1.64. The SMILES string of the molecule is CCN=C(NC(=N)C1=CCCC=C1)C(Cl)(Cl)Cl. The molecule has 1 rings (SSSR count). The third kappa shape index (κ3) is 4.70. The molecule has 1 aliphatic rings. The summed E-state index contributed by atoms with van der Waals surface area (Å²) >= 11 is 17.3. The number of hydrogen-bond donors (Lipinski definition) is 2. The monoisotopic (exact) mass is 293 g/mol. The van der Waals surface area contributed by atoms with Gasteiger partial charge in [-0.2, -0.15) is 0 Å². The molecule has 0 aromatic carbocycles. The van der Waals surface area contributed by atoms with Crippen molar-refractivity contribution in [2.24, 2.45) is 4.99 Å². The smallest absolute Gasteiger partial charge is 0.247 e. The molecule has 0 saturated carbocycles. The summed E-state index contributed by atoms with van der Waals surface area (Å²) in [5.74, 6) is 0.370. The molecule has 0 radical (unpaired) electrons. The Kier molecular flexibility index (Phi) is 5.50. The fraction of sp³-hybridized carbons (Fsp3) is 0.455. The fourth-order valence-corrected chi connectivity index (χ4v) is 1.67. The van der Waals surface area contributed by atoms with Crippen molar-refractivity contribution in [3.63, 3.8) is 0 Å². The summed E-state index contributed by atoms with van der Waals surface area (Å²) in [5.41, 5.74) is 0.786. The van der Waals surface area contributed by atoms with Crippen molar-refractivity contribution in [1.82, 2.24) is 5.32 Å². The lowest BCUT2D eigenvalue weighted by molar-refractivity contribution is 1.02. The van der Waals surface area contributed by atoms with Gasteiger partial charge >= 0.3 is 0 Å². The van der Waals surface area contributed by atoms with E-state index in [1.165, 1.54) is 0 Å². The van der Waals surface area contributed by atoms with Gasteiger partial charge in [0.25, 0.3) is 0 Å². The van der Waals surface area contributed by atoms with Crippen molar-refractivity contribution in [2.45, 2.75) is 23.6 Å². The van der Waals surface area contributed by atoms with Crippen LogP contribution in [0.15, 0.2) is 28.8 Å². The lowest BCUT2D eigenvalue weighted by atomic mass is 10.1. The van der Waals surface area contributed by atoms with E-state index in [1.54, 1.807) is 0 Å². The van der Waals surface area contributed by atoms with Crippen molar-refractivity contribution in [3.8, 4) is 0 Å². The highest BCUT2D eigenvalue weighted by molar-refractivity contribution is 6.77. The Hall–Kier alpha value is -0.510. The molecule has 0 fully saturated rings. The molecule has 0 saturated heterocycles. The van der Waals surface area contributed by atoms with E-state index >= 15 is 0 Å². The third-order valence-corrected chi connectivity index (χ3v) is 2.65. The largest absolute Gasteiger partial charge is 0.325 e. The summed E-state index contributed by atoms with van der Waals surface area (Å²) in [6, 6.07) is 0. The van der Waals surface area contributed by atoms with E-state index in [2.05, 4.69) is 10.3 Å².